The second-order valence-corrected chi connectivity index (χ2v) is 4.01. The number of carbonyl (C=O) groups is 2. The lowest BCUT2D eigenvalue weighted by Crippen LogP contribution is -2.27. The Kier molecular flexibility index (Phi) is 5.59. The summed E-state index contributed by atoms with van der Waals surface area (Å²) in [6, 6.07) is 10.9. The number of ketones is 1. The molecule has 1 amide bonds. The molecule has 0 radical (unpaired) electrons. The van der Waals surface area contributed by atoms with Gasteiger partial charge in [-0.05, 0) is 0 Å². The van der Waals surface area contributed by atoms with Gasteiger partial charge in [-0.25, -0.2) is 0 Å². The zero-order chi connectivity index (χ0) is 13.4. The fraction of sp³-hybridized carbons (Fsp3) is 0.357. The standard InChI is InChI=1S/C14H16N2O2/c1-16(11-5-10-15)14(18)9-8-13(17)12-6-3-2-4-7-12/h2-4,6-7H,5,8-9,11H2,1H3. The average molecular weight is 244 g/mol. The molecule has 1 aromatic carbocycles. The van der Waals surface area contributed by atoms with Crippen LogP contribution in [-0.2, 0) is 4.79 Å². The fourth-order valence-electron chi connectivity index (χ4n) is 1.52. The van der Waals surface area contributed by atoms with Crippen LogP contribution >= 0.6 is 0 Å². The van der Waals surface area contributed by atoms with Crippen molar-refractivity contribution in [1.82, 2.24) is 4.90 Å². The van der Waals surface area contributed by atoms with Crippen molar-refractivity contribution in [2.24, 2.45) is 0 Å². The Labute approximate surface area is 107 Å². The van der Waals surface area contributed by atoms with Crippen LogP contribution in [0.1, 0.15) is 29.6 Å². The largest absolute Gasteiger partial charge is 0.345 e. The van der Waals surface area contributed by atoms with E-state index >= 15 is 0 Å². The number of Topliss-reactive ketones (excluding diaryl/α,β-unsaturated/α-hetero) is 1. The highest BCUT2D eigenvalue weighted by Gasteiger charge is 2.12. The van der Waals surface area contributed by atoms with Gasteiger partial charge in [-0.15, -0.1) is 0 Å². The van der Waals surface area contributed by atoms with Gasteiger partial charge in [-0.3, -0.25) is 9.59 Å². The van der Waals surface area contributed by atoms with Crippen LogP contribution < -0.4 is 0 Å². The number of hydrogen-bond donors (Lipinski definition) is 0. The molecule has 0 unspecified atom stereocenters. The molecule has 1 rings (SSSR count). The van der Waals surface area contributed by atoms with Crippen molar-refractivity contribution in [2.75, 3.05) is 13.6 Å². The Bertz CT molecular complexity index is 449. The summed E-state index contributed by atoms with van der Waals surface area (Å²) in [6.45, 7) is 0.412. The lowest BCUT2D eigenvalue weighted by atomic mass is 10.1. The number of hydrogen-bond acceptors (Lipinski definition) is 3. The van der Waals surface area contributed by atoms with Crippen LogP contribution in [0.3, 0.4) is 0 Å². The van der Waals surface area contributed by atoms with Gasteiger partial charge >= 0.3 is 0 Å². The van der Waals surface area contributed by atoms with Crippen molar-refractivity contribution in [1.29, 1.82) is 5.26 Å². The van der Waals surface area contributed by atoms with Gasteiger partial charge in [0.25, 0.3) is 0 Å². The van der Waals surface area contributed by atoms with E-state index in [2.05, 4.69) is 0 Å². The van der Waals surface area contributed by atoms with Crippen LogP contribution in [0.5, 0.6) is 0 Å². The van der Waals surface area contributed by atoms with Crippen molar-refractivity contribution in [2.45, 2.75) is 19.3 Å². The van der Waals surface area contributed by atoms with Gasteiger partial charge in [0.2, 0.25) is 5.91 Å². The number of benzene rings is 1. The van der Waals surface area contributed by atoms with E-state index in [1.54, 1.807) is 31.3 Å². The van der Waals surface area contributed by atoms with Crippen molar-refractivity contribution in [3.05, 3.63) is 35.9 Å². The lowest BCUT2D eigenvalue weighted by Gasteiger charge is -2.14. The number of nitrogens with zero attached hydrogens (tertiary/aromatic N) is 2. The molecule has 0 aliphatic rings. The molecule has 1 aromatic rings. The molecule has 18 heavy (non-hydrogen) atoms. The minimum Gasteiger partial charge on any atom is -0.345 e. The van der Waals surface area contributed by atoms with Crippen LogP contribution in [0, 0.1) is 11.3 Å². The molecule has 0 aromatic heterocycles. The predicted molar refractivity (Wildman–Crippen MR) is 67.9 cm³/mol. The molecule has 0 saturated heterocycles. The van der Waals surface area contributed by atoms with Gasteiger partial charge in [0, 0.05) is 32.0 Å². The summed E-state index contributed by atoms with van der Waals surface area (Å²) >= 11 is 0. The SMILES string of the molecule is CN(CCC#N)C(=O)CCC(=O)c1ccccc1. The first-order valence-electron chi connectivity index (χ1n) is 5.84. The summed E-state index contributed by atoms with van der Waals surface area (Å²) in [7, 11) is 1.65. The van der Waals surface area contributed by atoms with Crippen LogP contribution in [0.2, 0.25) is 0 Å². The highest BCUT2D eigenvalue weighted by atomic mass is 16.2. The monoisotopic (exact) mass is 244 g/mol. The van der Waals surface area contributed by atoms with Crippen molar-refractivity contribution in [3.8, 4) is 6.07 Å². The van der Waals surface area contributed by atoms with E-state index in [9.17, 15) is 9.59 Å². The van der Waals surface area contributed by atoms with Crippen LogP contribution in [-0.4, -0.2) is 30.2 Å². The van der Waals surface area contributed by atoms with E-state index in [4.69, 9.17) is 5.26 Å². The molecule has 0 N–H and O–H groups in total. The molecule has 94 valence electrons. The third kappa shape index (κ3) is 4.38. The molecule has 0 fully saturated rings. The molecule has 4 heteroatoms. The van der Waals surface area contributed by atoms with Crippen LogP contribution in [0.25, 0.3) is 0 Å². The number of nitriles is 1. The summed E-state index contributed by atoms with van der Waals surface area (Å²) in [4.78, 5) is 24.9. The Morgan fingerprint density at radius 2 is 1.89 bits per heavy atom. The minimum atomic E-state index is -0.102. The van der Waals surface area contributed by atoms with Crippen LogP contribution in [0.15, 0.2) is 30.3 Å². The first-order chi connectivity index (χ1) is 8.65. The topological polar surface area (TPSA) is 61.2 Å². The van der Waals surface area contributed by atoms with Gasteiger partial charge in [0.05, 0.1) is 12.5 Å². The number of rotatable bonds is 6. The van der Waals surface area contributed by atoms with E-state index in [0.29, 0.717) is 18.5 Å². The summed E-state index contributed by atoms with van der Waals surface area (Å²) < 4.78 is 0. The quantitative estimate of drug-likeness (QED) is 0.719. The third-order valence-electron chi connectivity index (χ3n) is 2.65. The second-order valence-electron chi connectivity index (χ2n) is 4.01. The van der Waals surface area contributed by atoms with Gasteiger partial charge in [-0.1, -0.05) is 30.3 Å². The molecule has 0 bridgehead atoms. The van der Waals surface area contributed by atoms with E-state index < -0.39 is 0 Å². The van der Waals surface area contributed by atoms with Gasteiger partial charge < -0.3 is 4.90 Å². The molecular weight excluding hydrogens is 228 g/mol. The smallest absolute Gasteiger partial charge is 0.222 e. The first-order valence-corrected chi connectivity index (χ1v) is 5.84. The Morgan fingerprint density at radius 1 is 1.22 bits per heavy atom. The Balaban J connectivity index is 2.39. The van der Waals surface area contributed by atoms with Gasteiger partial charge in [-0.2, -0.15) is 5.26 Å². The lowest BCUT2D eigenvalue weighted by molar-refractivity contribution is -0.129. The van der Waals surface area contributed by atoms with Crippen LogP contribution in [0.4, 0.5) is 0 Å². The normalized spacial score (nSPS) is 9.56. The maximum absolute atomic E-state index is 11.8. The maximum atomic E-state index is 11.8. The van der Waals surface area contributed by atoms with E-state index in [0.717, 1.165) is 0 Å². The summed E-state index contributed by atoms with van der Waals surface area (Å²) in [6.07, 6.45) is 0.713. The van der Waals surface area contributed by atoms with Gasteiger partial charge in [0.1, 0.15) is 0 Å². The van der Waals surface area contributed by atoms with E-state index in [1.165, 1.54) is 4.90 Å². The highest BCUT2D eigenvalue weighted by molar-refractivity contribution is 5.97. The fourth-order valence-corrected chi connectivity index (χ4v) is 1.52. The third-order valence-corrected chi connectivity index (χ3v) is 2.65. The minimum absolute atomic E-state index is 0.0300. The van der Waals surface area contributed by atoms with Crippen molar-refractivity contribution < 1.29 is 9.59 Å². The zero-order valence-electron chi connectivity index (χ0n) is 10.4. The molecule has 0 spiro atoms. The average Bonchev–Trinajstić information content (AvgIpc) is 2.42. The second kappa shape index (κ2) is 7.23. The number of carbonyl (C=O) groups excluding carboxylic acids is 2. The molecular formula is C14H16N2O2. The zero-order valence-corrected chi connectivity index (χ0v) is 10.4. The summed E-state index contributed by atoms with van der Waals surface area (Å²) in [5, 5.41) is 8.42. The summed E-state index contributed by atoms with van der Waals surface area (Å²) in [5.74, 6) is -0.132. The first kappa shape index (κ1) is 13.9. The van der Waals surface area contributed by atoms with Gasteiger partial charge in [0.15, 0.2) is 5.78 Å². The summed E-state index contributed by atoms with van der Waals surface area (Å²) in [5.41, 5.74) is 0.630. The number of amides is 1. The molecule has 0 heterocycles. The molecule has 0 saturated carbocycles. The highest BCUT2D eigenvalue weighted by Crippen LogP contribution is 2.06. The van der Waals surface area contributed by atoms with Crippen molar-refractivity contribution in [3.63, 3.8) is 0 Å². The van der Waals surface area contributed by atoms with E-state index in [-0.39, 0.29) is 24.5 Å². The van der Waals surface area contributed by atoms with E-state index in [1.807, 2.05) is 12.1 Å². The molecule has 0 aliphatic carbocycles. The maximum Gasteiger partial charge on any atom is 0.222 e. The molecule has 0 aliphatic heterocycles. The molecule has 4 nitrogen and oxygen atoms in total. The Hall–Kier alpha value is -2.15. The predicted octanol–water partition coefficient (Wildman–Crippen LogP) is 2.02. The van der Waals surface area contributed by atoms with Crippen molar-refractivity contribution >= 4 is 11.7 Å². The molecule has 0 atom stereocenters. The Morgan fingerprint density at radius 3 is 2.50 bits per heavy atom.